The molecule has 3 heteroatoms. The average Bonchev–Trinajstić information content (AvgIpc) is 2.10. The van der Waals surface area contributed by atoms with Crippen LogP contribution in [0.1, 0.15) is 25.0 Å². The smallest absolute Gasteiger partial charge is 0.119 e. The monoisotopic (exact) mass is 272 g/mol. The van der Waals surface area contributed by atoms with Gasteiger partial charge in [0.05, 0.1) is 12.7 Å². The number of hydrogen-bond acceptors (Lipinski definition) is 2. The van der Waals surface area contributed by atoms with E-state index in [-0.39, 0.29) is 0 Å². The second-order valence-corrected chi connectivity index (χ2v) is 5.20. The fourth-order valence-electron chi connectivity index (χ4n) is 1.52. The summed E-state index contributed by atoms with van der Waals surface area (Å²) in [5.74, 6) is 0.829. The fraction of sp³-hybridized carbons (Fsp3) is 0.500. The van der Waals surface area contributed by atoms with Crippen LogP contribution in [0.25, 0.3) is 0 Å². The Hall–Kier alpha value is -0.540. The first-order valence-corrected chi connectivity index (χ1v) is 5.68. The van der Waals surface area contributed by atoms with Gasteiger partial charge in [-0.2, -0.15) is 0 Å². The van der Waals surface area contributed by atoms with Crippen molar-refractivity contribution >= 4 is 15.9 Å². The maximum absolute atomic E-state index is 9.79. The van der Waals surface area contributed by atoms with Crippen molar-refractivity contribution in [3.05, 3.63) is 27.7 Å². The fourth-order valence-corrected chi connectivity index (χ4v) is 1.89. The first-order chi connectivity index (χ1) is 6.83. The lowest BCUT2D eigenvalue weighted by Crippen LogP contribution is -2.22. The largest absolute Gasteiger partial charge is 0.497 e. The van der Waals surface area contributed by atoms with E-state index in [1.807, 2.05) is 19.1 Å². The zero-order valence-corrected chi connectivity index (χ0v) is 11.2. The number of hydrogen-bond donors (Lipinski definition) is 1. The number of ether oxygens (including phenoxy) is 1. The van der Waals surface area contributed by atoms with E-state index < -0.39 is 5.60 Å². The highest BCUT2D eigenvalue weighted by molar-refractivity contribution is 9.10. The molecule has 0 heterocycles. The Morgan fingerprint density at radius 2 is 2.00 bits per heavy atom. The van der Waals surface area contributed by atoms with Gasteiger partial charge in [0.25, 0.3) is 0 Å². The highest BCUT2D eigenvalue weighted by atomic mass is 79.9. The molecule has 0 amide bonds. The van der Waals surface area contributed by atoms with Crippen molar-refractivity contribution in [3.63, 3.8) is 0 Å². The Morgan fingerprint density at radius 1 is 1.40 bits per heavy atom. The van der Waals surface area contributed by atoms with Crippen molar-refractivity contribution in [2.45, 2.75) is 32.8 Å². The van der Waals surface area contributed by atoms with Gasteiger partial charge < -0.3 is 9.84 Å². The lowest BCUT2D eigenvalue weighted by atomic mass is 9.97. The topological polar surface area (TPSA) is 29.5 Å². The van der Waals surface area contributed by atoms with Crippen LogP contribution in [0.2, 0.25) is 0 Å². The Balaban J connectivity index is 3.11. The molecule has 15 heavy (non-hydrogen) atoms. The summed E-state index contributed by atoms with van der Waals surface area (Å²) in [7, 11) is 1.65. The first-order valence-electron chi connectivity index (χ1n) is 4.89. The van der Waals surface area contributed by atoms with Crippen molar-refractivity contribution in [2.75, 3.05) is 7.11 Å². The van der Waals surface area contributed by atoms with Gasteiger partial charge in [-0.3, -0.25) is 0 Å². The quantitative estimate of drug-likeness (QED) is 0.917. The van der Waals surface area contributed by atoms with Crippen molar-refractivity contribution in [3.8, 4) is 5.75 Å². The minimum atomic E-state index is -0.707. The molecular weight excluding hydrogens is 256 g/mol. The molecule has 2 nitrogen and oxygen atoms in total. The molecule has 0 saturated carbocycles. The maximum Gasteiger partial charge on any atom is 0.119 e. The molecule has 0 unspecified atom stereocenters. The summed E-state index contributed by atoms with van der Waals surface area (Å²) in [5.41, 5.74) is 1.48. The minimum absolute atomic E-state index is 0.603. The highest BCUT2D eigenvalue weighted by Crippen LogP contribution is 2.29. The molecule has 1 N–H and O–H groups in total. The van der Waals surface area contributed by atoms with E-state index in [1.165, 1.54) is 0 Å². The van der Waals surface area contributed by atoms with E-state index >= 15 is 0 Å². The van der Waals surface area contributed by atoms with Crippen molar-refractivity contribution in [2.24, 2.45) is 0 Å². The molecule has 0 aliphatic carbocycles. The predicted molar refractivity (Wildman–Crippen MR) is 65.4 cm³/mol. The molecule has 0 aromatic heterocycles. The van der Waals surface area contributed by atoms with Gasteiger partial charge in [-0.05, 0) is 44.0 Å². The number of rotatable bonds is 3. The number of aryl methyl sites for hydroxylation is 1. The normalized spacial score (nSPS) is 11.6. The van der Waals surface area contributed by atoms with Gasteiger partial charge in [0, 0.05) is 10.9 Å². The number of benzene rings is 1. The van der Waals surface area contributed by atoms with Gasteiger partial charge in [0.1, 0.15) is 5.75 Å². The molecule has 1 aromatic carbocycles. The van der Waals surface area contributed by atoms with E-state index in [4.69, 9.17) is 4.74 Å². The summed E-state index contributed by atoms with van der Waals surface area (Å²) in [6.45, 7) is 5.61. The number of aliphatic hydroxyl groups is 1. The second-order valence-electron chi connectivity index (χ2n) is 4.41. The van der Waals surface area contributed by atoms with Gasteiger partial charge in [0.2, 0.25) is 0 Å². The van der Waals surface area contributed by atoms with Crippen LogP contribution in [0.4, 0.5) is 0 Å². The molecular formula is C12H17BrO2. The summed E-state index contributed by atoms with van der Waals surface area (Å²) in [6, 6.07) is 3.92. The molecule has 0 aliphatic heterocycles. The number of methoxy groups -OCH3 is 1. The SMILES string of the molecule is COc1cc(C)c(Br)c(CC(C)(C)O)c1. The van der Waals surface area contributed by atoms with Crippen LogP contribution < -0.4 is 4.74 Å². The molecule has 0 fully saturated rings. The Morgan fingerprint density at radius 3 is 2.47 bits per heavy atom. The van der Waals surface area contributed by atoms with Crippen LogP contribution in [0.5, 0.6) is 5.75 Å². The number of halogens is 1. The molecule has 1 aromatic rings. The van der Waals surface area contributed by atoms with Gasteiger partial charge in [-0.1, -0.05) is 15.9 Å². The molecule has 0 spiro atoms. The van der Waals surface area contributed by atoms with Crippen LogP contribution in [0.15, 0.2) is 16.6 Å². The third kappa shape index (κ3) is 3.50. The Kier molecular flexibility index (Phi) is 3.79. The van der Waals surface area contributed by atoms with Gasteiger partial charge in [-0.15, -0.1) is 0 Å². The zero-order chi connectivity index (χ0) is 11.6. The Bertz CT molecular complexity index is 353. The van der Waals surface area contributed by atoms with Crippen LogP contribution >= 0.6 is 15.9 Å². The van der Waals surface area contributed by atoms with Crippen LogP contribution in [0.3, 0.4) is 0 Å². The van der Waals surface area contributed by atoms with Crippen LogP contribution in [-0.4, -0.2) is 17.8 Å². The lowest BCUT2D eigenvalue weighted by molar-refractivity contribution is 0.0808. The standard InChI is InChI=1S/C12H17BrO2/c1-8-5-10(15-4)6-9(11(8)13)7-12(2,3)14/h5-6,14H,7H2,1-4H3. The predicted octanol–water partition coefficient (Wildman–Crippen LogP) is 3.08. The molecule has 0 bridgehead atoms. The summed E-state index contributed by atoms with van der Waals surface area (Å²) in [6.07, 6.45) is 0.603. The van der Waals surface area contributed by atoms with Crippen molar-refractivity contribution in [1.82, 2.24) is 0 Å². The molecule has 0 atom stereocenters. The van der Waals surface area contributed by atoms with E-state index in [2.05, 4.69) is 15.9 Å². The van der Waals surface area contributed by atoms with E-state index in [0.29, 0.717) is 6.42 Å². The minimum Gasteiger partial charge on any atom is -0.497 e. The van der Waals surface area contributed by atoms with E-state index in [0.717, 1.165) is 21.3 Å². The van der Waals surface area contributed by atoms with Gasteiger partial charge in [0.15, 0.2) is 0 Å². The summed E-state index contributed by atoms with van der Waals surface area (Å²) < 4.78 is 6.25. The third-order valence-corrected chi connectivity index (χ3v) is 3.30. The molecule has 84 valence electrons. The molecule has 1 rings (SSSR count). The lowest BCUT2D eigenvalue weighted by Gasteiger charge is -2.19. The second kappa shape index (κ2) is 4.54. The maximum atomic E-state index is 9.79. The van der Waals surface area contributed by atoms with Crippen LogP contribution in [-0.2, 0) is 6.42 Å². The first kappa shape index (κ1) is 12.5. The van der Waals surface area contributed by atoms with Crippen LogP contribution in [0, 0.1) is 6.92 Å². The summed E-state index contributed by atoms with van der Waals surface area (Å²) >= 11 is 3.53. The Labute approximate surface area is 99.4 Å². The zero-order valence-electron chi connectivity index (χ0n) is 9.60. The van der Waals surface area contributed by atoms with Gasteiger partial charge in [-0.25, -0.2) is 0 Å². The summed E-state index contributed by atoms with van der Waals surface area (Å²) in [5, 5.41) is 9.79. The van der Waals surface area contributed by atoms with Crippen molar-refractivity contribution in [1.29, 1.82) is 0 Å². The third-order valence-electron chi connectivity index (χ3n) is 2.16. The van der Waals surface area contributed by atoms with E-state index in [1.54, 1.807) is 21.0 Å². The van der Waals surface area contributed by atoms with Crippen molar-refractivity contribution < 1.29 is 9.84 Å². The summed E-state index contributed by atoms with van der Waals surface area (Å²) in [4.78, 5) is 0. The van der Waals surface area contributed by atoms with E-state index in [9.17, 15) is 5.11 Å². The molecule has 0 radical (unpaired) electrons. The average molecular weight is 273 g/mol. The van der Waals surface area contributed by atoms with Gasteiger partial charge >= 0.3 is 0 Å². The molecule has 0 saturated heterocycles. The highest BCUT2D eigenvalue weighted by Gasteiger charge is 2.17. The molecule has 0 aliphatic rings.